The summed E-state index contributed by atoms with van der Waals surface area (Å²) in [6, 6.07) is 1.47. The van der Waals surface area contributed by atoms with Crippen LogP contribution in [0.5, 0.6) is 0 Å². The van der Waals surface area contributed by atoms with Crippen LogP contribution in [-0.4, -0.2) is 16.6 Å². The van der Waals surface area contributed by atoms with Gasteiger partial charge in [0.05, 0.1) is 0 Å². The SMILES string of the molecule is Nc1cc(Cl)n[c-]c1Cl.O=CO.[K+]. The van der Waals surface area contributed by atoms with Crippen LogP contribution in [0.1, 0.15) is 0 Å². The van der Waals surface area contributed by atoms with E-state index in [0.29, 0.717) is 15.9 Å². The molecule has 66 valence electrons. The first-order chi connectivity index (χ1) is 5.61. The van der Waals surface area contributed by atoms with Crippen LogP contribution in [0.15, 0.2) is 6.07 Å². The van der Waals surface area contributed by atoms with E-state index in [1.54, 1.807) is 0 Å². The second-order valence-electron chi connectivity index (χ2n) is 1.57. The van der Waals surface area contributed by atoms with Crippen molar-refractivity contribution in [2.45, 2.75) is 0 Å². The summed E-state index contributed by atoms with van der Waals surface area (Å²) in [7, 11) is 0. The first-order valence-electron chi connectivity index (χ1n) is 2.69. The fourth-order valence-corrected chi connectivity index (χ4v) is 0.648. The van der Waals surface area contributed by atoms with Crippen LogP contribution in [0.4, 0.5) is 5.69 Å². The van der Waals surface area contributed by atoms with Gasteiger partial charge in [0.2, 0.25) is 0 Å². The number of rotatable bonds is 0. The maximum atomic E-state index is 8.36. The van der Waals surface area contributed by atoms with Crippen molar-refractivity contribution in [3.8, 4) is 0 Å². The number of nitrogens with two attached hydrogens (primary N) is 1. The van der Waals surface area contributed by atoms with Gasteiger partial charge >= 0.3 is 51.4 Å². The average molecular weight is 247 g/mol. The van der Waals surface area contributed by atoms with Gasteiger partial charge in [0.1, 0.15) is 0 Å². The predicted octanol–water partition coefficient (Wildman–Crippen LogP) is -1.52. The van der Waals surface area contributed by atoms with Crippen molar-refractivity contribution in [1.29, 1.82) is 0 Å². The van der Waals surface area contributed by atoms with Gasteiger partial charge in [0.15, 0.2) is 0 Å². The number of anilines is 1. The zero-order valence-corrected chi connectivity index (χ0v) is 11.4. The summed E-state index contributed by atoms with van der Waals surface area (Å²) < 4.78 is 0. The van der Waals surface area contributed by atoms with Crippen LogP contribution >= 0.6 is 23.2 Å². The van der Waals surface area contributed by atoms with Gasteiger partial charge in [-0.05, 0) is 5.02 Å². The third-order valence-corrected chi connectivity index (χ3v) is 1.29. The van der Waals surface area contributed by atoms with Crippen molar-refractivity contribution in [1.82, 2.24) is 4.98 Å². The molecule has 1 aromatic rings. The van der Waals surface area contributed by atoms with Crippen LogP contribution in [0.2, 0.25) is 10.2 Å². The zero-order chi connectivity index (χ0) is 9.56. The quantitative estimate of drug-likeness (QED) is 0.252. The van der Waals surface area contributed by atoms with E-state index in [1.165, 1.54) is 6.07 Å². The number of nitrogens with zero attached hydrogens (tertiary/aromatic N) is 1. The third-order valence-electron chi connectivity index (χ3n) is 0.789. The number of hydrogen-bond acceptors (Lipinski definition) is 3. The molecule has 0 saturated carbocycles. The number of aromatic nitrogens is 1. The number of hydrogen-bond donors (Lipinski definition) is 2. The molecule has 0 bridgehead atoms. The summed E-state index contributed by atoms with van der Waals surface area (Å²) in [5, 5.41) is 7.50. The maximum Gasteiger partial charge on any atom is 1.00 e. The Bertz CT molecular complexity index is 273. The summed E-state index contributed by atoms with van der Waals surface area (Å²) in [6.07, 6.45) is 2.43. The fourth-order valence-electron chi connectivity index (χ4n) is 0.391. The second-order valence-corrected chi connectivity index (χ2v) is 2.33. The molecular weight excluding hydrogens is 242 g/mol. The smallest absolute Gasteiger partial charge is 0.483 e. The van der Waals surface area contributed by atoms with Gasteiger partial charge in [-0.15, -0.1) is 29.3 Å². The van der Waals surface area contributed by atoms with E-state index in [9.17, 15) is 0 Å². The summed E-state index contributed by atoms with van der Waals surface area (Å²) in [4.78, 5) is 11.9. The van der Waals surface area contributed by atoms with Crippen LogP contribution < -0.4 is 57.1 Å². The molecule has 0 aliphatic rings. The minimum Gasteiger partial charge on any atom is -0.483 e. The van der Waals surface area contributed by atoms with Crippen LogP contribution in [0, 0.1) is 6.20 Å². The summed E-state index contributed by atoms with van der Waals surface area (Å²) in [5.74, 6) is 0. The van der Waals surface area contributed by atoms with E-state index < -0.39 is 0 Å². The first kappa shape index (κ1) is 16.1. The molecule has 0 aliphatic heterocycles. The Morgan fingerprint density at radius 1 is 1.62 bits per heavy atom. The van der Waals surface area contributed by atoms with Gasteiger partial charge in [-0.2, -0.15) is 0 Å². The molecule has 1 heterocycles. The zero-order valence-electron chi connectivity index (χ0n) is 6.79. The average Bonchev–Trinajstić information content (AvgIpc) is 1.99. The van der Waals surface area contributed by atoms with Gasteiger partial charge in [-0.25, -0.2) is 0 Å². The van der Waals surface area contributed by atoms with Crippen molar-refractivity contribution >= 4 is 35.4 Å². The molecule has 0 amide bonds. The Kier molecular flexibility index (Phi) is 11.4. The second kappa shape index (κ2) is 9.20. The standard InChI is InChI=1S/C5H3Cl2N2.CH2O2.K/c6-3-2-9-5(7)1-4(3)8;2-1-3;/h1H,(H2,8,9);1H,(H,2,3);/q-1;;+1. The van der Waals surface area contributed by atoms with E-state index in [4.69, 9.17) is 38.8 Å². The molecule has 0 aliphatic carbocycles. The Balaban J connectivity index is 0. The van der Waals surface area contributed by atoms with Crippen molar-refractivity contribution in [3.63, 3.8) is 0 Å². The Labute approximate surface area is 128 Å². The molecule has 4 nitrogen and oxygen atoms in total. The molecule has 0 unspecified atom stereocenters. The molecule has 13 heavy (non-hydrogen) atoms. The van der Waals surface area contributed by atoms with Crippen LogP contribution in [0.3, 0.4) is 0 Å². The molecule has 0 aromatic carbocycles. The molecule has 3 N–H and O–H groups in total. The van der Waals surface area contributed by atoms with Gasteiger partial charge in [-0.3, -0.25) is 4.79 Å². The minimum atomic E-state index is -0.250. The Morgan fingerprint density at radius 2 is 2.08 bits per heavy atom. The number of pyridine rings is 1. The number of nitrogen functional groups attached to an aromatic ring is 1. The molecule has 0 spiro atoms. The molecular formula is C6H5Cl2KN2O2. The van der Waals surface area contributed by atoms with E-state index in [1.807, 2.05) is 0 Å². The summed E-state index contributed by atoms with van der Waals surface area (Å²) in [6.45, 7) is -0.250. The van der Waals surface area contributed by atoms with Crippen molar-refractivity contribution in [2.75, 3.05) is 5.73 Å². The van der Waals surface area contributed by atoms with E-state index >= 15 is 0 Å². The van der Waals surface area contributed by atoms with Crippen LogP contribution in [0.25, 0.3) is 0 Å². The number of carboxylic acid groups (broad SMARTS) is 1. The van der Waals surface area contributed by atoms with Crippen molar-refractivity contribution in [3.05, 3.63) is 22.4 Å². The van der Waals surface area contributed by atoms with E-state index in [0.717, 1.165) is 0 Å². The van der Waals surface area contributed by atoms with E-state index in [-0.39, 0.29) is 57.9 Å². The van der Waals surface area contributed by atoms with Crippen molar-refractivity contribution in [2.24, 2.45) is 0 Å². The topological polar surface area (TPSA) is 76.2 Å². The molecule has 1 aromatic heterocycles. The molecule has 1 rings (SSSR count). The minimum absolute atomic E-state index is 0. The molecule has 7 heteroatoms. The Morgan fingerprint density at radius 3 is 2.38 bits per heavy atom. The molecule has 0 fully saturated rings. The first-order valence-corrected chi connectivity index (χ1v) is 3.44. The fraction of sp³-hybridized carbons (Fsp3) is 0. The monoisotopic (exact) mass is 246 g/mol. The largest absolute Gasteiger partial charge is 1.00 e. The van der Waals surface area contributed by atoms with Crippen molar-refractivity contribution < 1.29 is 61.3 Å². The molecule has 0 radical (unpaired) electrons. The normalized spacial score (nSPS) is 7.54. The summed E-state index contributed by atoms with van der Waals surface area (Å²) in [5.41, 5.74) is 5.73. The number of halogens is 2. The van der Waals surface area contributed by atoms with E-state index in [2.05, 4.69) is 11.2 Å². The van der Waals surface area contributed by atoms with Crippen LogP contribution in [-0.2, 0) is 4.79 Å². The van der Waals surface area contributed by atoms with Gasteiger partial charge < -0.3 is 15.8 Å². The molecule has 0 atom stereocenters. The van der Waals surface area contributed by atoms with Gasteiger partial charge in [-0.1, -0.05) is 11.9 Å². The Hall–Kier alpha value is 0.636. The summed E-state index contributed by atoms with van der Waals surface area (Å²) >= 11 is 10.9. The molecule has 0 saturated heterocycles. The van der Waals surface area contributed by atoms with Gasteiger partial charge in [0.25, 0.3) is 6.47 Å². The predicted molar refractivity (Wildman–Crippen MR) is 46.2 cm³/mol. The maximum absolute atomic E-state index is 8.36. The van der Waals surface area contributed by atoms with Gasteiger partial charge in [0, 0.05) is 5.15 Å². The number of carbonyl (C=O) groups is 1. The third kappa shape index (κ3) is 7.69.